The maximum absolute atomic E-state index is 13.4. The molecule has 5 rings (SSSR count). The molecule has 2 amide bonds. The summed E-state index contributed by atoms with van der Waals surface area (Å²) in [5.41, 5.74) is 6.25. The standard InChI is InChI=1S/C44H58N6O6/c1-45(2)39-15-7-35(8-16-39)31-49(33-37-11-19-41(53-5)20-12-37)43(51)55-29-27-47-23-25-48(26-24-47)28-30-56-44(52)50(34-38-13-21-42(54-6)22-14-38)32-36-9-17-40(18-10-36)46(3)4/h7-22H,23-34H2,1-6H3. The lowest BCUT2D eigenvalue weighted by molar-refractivity contribution is 0.0586. The van der Waals surface area contributed by atoms with Crippen LogP contribution in [0.5, 0.6) is 11.5 Å². The Bertz CT molecular complexity index is 1640. The first-order valence-corrected chi connectivity index (χ1v) is 19.2. The van der Waals surface area contributed by atoms with E-state index >= 15 is 0 Å². The van der Waals surface area contributed by atoms with Gasteiger partial charge in [-0.1, -0.05) is 48.5 Å². The van der Waals surface area contributed by atoms with Crippen LogP contribution in [0.25, 0.3) is 0 Å². The van der Waals surface area contributed by atoms with Gasteiger partial charge >= 0.3 is 12.2 Å². The number of methoxy groups -OCH3 is 2. The molecule has 1 fully saturated rings. The van der Waals surface area contributed by atoms with Crippen molar-refractivity contribution in [3.8, 4) is 11.5 Å². The minimum absolute atomic E-state index is 0.303. The smallest absolute Gasteiger partial charge is 0.410 e. The molecule has 0 aliphatic carbocycles. The number of carbonyl (C=O) groups is 2. The third-order valence-electron chi connectivity index (χ3n) is 9.96. The summed E-state index contributed by atoms with van der Waals surface area (Å²) in [5, 5.41) is 0. The van der Waals surface area contributed by atoms with E-state index in [1.165, 1.54) is 0 Å². The molecule has 300 valence electrons. The van der Waals surface area contributed by atoms with Crippen LogP contribution in [0.3, 0.4) is 0 Å². The number of hydrogen-bond acceptors (Lipinski definition) is 10. The molecule has 0 aromatic heterocycles. The Morgan fingerprint density at radius 1 is 0.482 bits per heavy atom. The van der Waals surface area contributed by atoms with Gasteiger partial charge in [0.15, 0.2) is 0 Å². The van der Waals surface area contributed by atoms with Crippen molar-refractivity contribution in [2.24, 2.45) is 0 Å². The van der Waals surface area contributed by atoms with Crippen LogP contribution in [0.4, 0.5) is 21.0 Å². The largest absolute Gasteiger partial charge is 0.497 e. The Balaban J connectivity index is 1.07. The summed E-state index contributed by atoms with van der Waals surface area (Å²) in [6.45, 7) is 6.98. The molecular formula is C44H58N6O6. The molecule has 12 heteroatoms. The Kier molecular flexibility index (Phi) is 15.6. The first kappa shape index (κ1) is 41.7. The van der Waals surface area contributed by atoms with Crippen molar-refractivity contribution < 1.29 is 28.5 Å². The maximum atomic E-state index is 13.4. The zero-order valence-corrected chi connectivity index (χ0v) is 33.9. The summed E-state index contributed by atoms with van der Waals surface area (Å²) >= 11 is 0. The molecule has 0 bridgehead atoms. The molecule has 0 radical (unpaired) electrons. The van der Waals surface area contributed by atoms with E-state index in [1.54, 1.807) is 24.0 Å². The number of carbonyl (C=O) groups excluding carboxylic acids is 2. The molecule has 0 atom stereocenters. The lowest BCUT2D eigenvalue weighted by Gasteiger charge is -2.34. The molecule has 1 heterocycles. The lowest BCUT2D eigenvalue weighted by atomic mass is 10.1. The van der Waals surface area contributed by atoms with Crippen molar-refractivity contribution in [3.05, 3.63) is 119 Å². The molecule has 12 nitrogen and oxygen atoms in total. The molecule has 4 aromatic carbocycles. The Morgan fingerprint density at radius 2 is 0.768 bits per heavy atom. The third-order valence-corrected chi connectivity index (χ3v) is 9.96. The fraction of sp³-hybridized carbons (Fsp3) is 0.409. The minimum Gasteiger partial charge on any atom is -0.497 e. The van der Waals surface area contributed by atoms with Crippen LogP contribution in [0, 0.1) is 0 Å². The topological polar surface area (TPSA) is 90.5 Å². The van der Waals surface area contributed by atoms with E-state index in [4.69, 9.17) is 18.9 Å². The number of benzene rings is 4. The van der Waals surface area contributed by atoms with Crippen molar-refractivity contribution in [2.75, 3.05) is 105 Å². The van der Waals surface area contributed by atoms with Gasteiger partial charge in [0.1, 0.15) is 24.7 Å². The predicted molar refractivity (Wildman–Crippen MR) is 222 cm³/mol. The fourth-order valence-electron chi connectivity index (χ4n) is 6.46. The van der Waals surface area contributed by atoms with Crippen molar-refractivity contribution in [1.82, 2.24) is 19.6 Å². The molecule has 4 aromatic rings. The number of hydrogen-bond donors (Lipinski definition) is 0. The zero-order chi connectivity index (χ0) is 39.9. The lowest BCUT2D eigenvalue weighted by Crippen LogP contribution is -2.48. The van der Waals surface area contributed by atoms with Gasteiger partial charge < -0.3 is 28.7 Å². The normalized spacial score (nSPS) is 13.1. The van der Waals surface area contributed by atoms with Gasteiger partial charge in [0, 0.05) is 105 Å². The summed E-state index contributed by atoms with van der Waals surface area (Å²) in [6, 6.07) is 31.9. The summed E-state index contributed by atoms with van der Waals surface area (Å²) in [6.07, 6.45) is -0.686. The van der Waals surface area contributed by atoms with Gasteiger partial charge in [-0.3, -0.25) is 19.6 Å². The second-order valence-corrected chi connectivity index (χ2v) is 14.4. The van der Waals surface area contributed by atoms with E-state index in [0.29, 0.717) is 52.5 Å². The number of piperazine rings is 1. The molecule has 0 unspecified atom stereocenters. The zero-order valence-electron chi connectivity index (χ0n) is 33.9. The maximum Gasteiger partial charge on any atom is 0.410 e. The Labute approximate surface area is 332 Å². The third kappa shape index (κ3) is 12.8. The molecule has 0 saturated carbocycles. The average Bonchev–Trinajstić information content (AvgIpc) is 3.21. The highest BCUT2D eigenvalue weighted by atomic mass is 16.6. The van der Waals surface area contributed by atoms with E-state index < -0.39 is 0 Å². The highest BCUT2D eigenvalue weighted by molar-refractivity contribution is 5.68. The van der Waals surface area contributed by atoms with E-state index in [2.05, 4.69) is 43.9 Å². The van der Waals surface area contributed by atoms with Gasteiger partial charge in [-0.05, 0) is 70.8 Å². The van der Waals surface area contributed by atoms with Gasteiger partial charge in [-0.2, -0.15) is 0 Å². The van der Waals surface area contributed by atoms with E-state index in [0.717, 1.165) is 71.3 Å². The van der Waals surface area contributed by atoms with Gasteiger partial charge in [0.05, 0.1) is 14.2 Å². The Morgan fingerprint density at radius 3 is 1.04 bits per heavy atom. The van der Waals surface area contributed by atoms with E-state index in [9.17, 15) is 9.59 Å². The minimum atomic E-state index is -0.343. The Hall–Kier alpha value is -5.46. The molecule has 1 aliphatic heterocycles. The number of anilines is 2. The molecule has 0 spiro atoms. The quantitative estimate of drug-likeness (QED) is 0.113. The average molecular weight is 767 g/mol. The molecule has 1 saturated heterocycles. The van der Waals surface area contributed by atoms with Gasteiger partial charge in [0.25, 0.3) is 0 Å². The van der Waals surface area contributed by atoms with Crippen LogP contribution in [-0.4, -0.2) is 127 Å². The number of amides is 2. The van der Waals surface area contributed by atoms with Crippen LogP contribution in [0.2, 0.25) is 0 Å². The molecule has 1 aliphatic rings. The van der Waals surface area contributed by atoms with Crippen LogP contribution in [0.1, 0.15) is 22.3 Å². The van der Waals surface area contributed by atoms with E-state index in [1.807, 2.05) is 101 Å². The molecule has 0 N–H and O–H groups in total. The van der Waals surface area contributed by atoms with Crippen molar-refractivity contribution >= 4 is 23.6 Å². The summed E-state index contributed by atoms with van der Waals surface area (Å²) in [5.74, 6) is 1.54. The predicted octanol–water partition coefficient (Wildman–Crippen LogP) is 6.43. The highest BCUT2D eigenvalue weighted by Crippen LogP contribution is 2.20. The van der Waals surface area contributed by atoms with Gasteiger partial charge in [-0.15, -0.1) is 0 Å². The monoisotopic (exact) mass is 766 g/mol. The van der Waals surface area contributed by atoms with Crippen LogP contribution in [-0.2, 0) is 35.7 Å². The molecular weight excluding hydrogens is 709 g/mol. The first-order valence-electron chi connectivity index (χ1n) is 19.2. The second kappa shape index (κ2) is 21.0. The summed E-state index contributed by atoms with van der Waals surface area (Å²) < 4.78 is 22.3. The number of rotatable bonds is 18. The number of nitrogens with zero attached hydrogens (tertiary/aromatic N) is 6. The summed E-state index contributed by atoms with van der Waals surface area (Å²) in [4.78, 5) is 39.1. The highest BCUT2D eigenvalue weighted by Gasteiger charge is 2.21. The van der Waals surface area contributed by atoms with Crippen LogP contribution in [0.15, 0.2) is 97.1 Å². The van der Waals surface area contributed by atoms with Gasteiger partial charge in [0.2, 0.25) is 0 Å². The SMILES string of the molecule is COc1ccc(CN(Cc2ccc(N(C)C)cc2)C(=O)OCCN2CCN(CCOC(=O)N(Cc3ccc(OC)cc3)Cc3ccc(N(C)C)cc3)CC2)cc1. The fourth-order valence-corrected chi connectivity index (χ4v) is 6.46. The molecule has 56 heavy (non-hydrogen) atoms. The first-order chi connectivity index (χ1) is 27.1. The van der Waals surface area contributed by atoms with Crippen LogP contribution < -0.4 is 19.3 Å². The van der Waals surface area contributed by atoms with Crippen molar-refractivity contribution in [2.45, 2.75) is 26.2 Å². The van der Waals surface area contributed by atoms with Crippen molar-refractivity contribution in [3.63, 3.8) is 0 Å². The van der Waals surface area contributed by atoms with E-state index in [-0.39, 0.29) is 12.2 Å². The van der Waals surface area contributed by atoms with Gasteiger partial charge in [-0.25, -0.2) is 9.59 Å². The van der Waals surface area contributed by atoms with Crippen LogP contribution >= 0.6 is 0 Å². The second-order valence-electron chi connectivity index (χ2n) is 14.4. The van der Waals surface area contributed by atoms with Crippen molar-refractivity contribution in [1.29, 1.82) is 0 Å². The number of ether oxygens (including phenoxy) is 4. The summed E-state index contributed by atoms with van der Waals surface area (Å²) in [7, 11) is 11.3.